The lowest BCUT2D eigenvalue weighted by molar-refractivity contribution is 0.331. The average Bonchev–Trinajstić information content (AvgIpc) is 2.68. The fraction of sp³-hybridized carbons (Fsp3) is 0.158. The number of rotatable bonds is 7. The molecule has 1 N–H and O–H groups in total. The lowest BCUT2D eigenvalue weighted by Crippen LogP contribution is -2.24. The van der Waals surface area contributed by atoms with Gasteiger partial charge in [-0.2, -0.15) is 0 Å². The van der Waals surface area contributed by atoms with E-state index in [9.17, 15) is 8.42 Å². The van der Waals surface area contributed by atoms with Crippen LogP contribution in [0, 0.1) is 0 Å². The number of sulfonamides is 1. The number of nitrogens with zero attached hydrogens (tertiary/aromatic N) is 2. The van der Waals surface area contributed by atoms with Gasteiger partial charge in [0.1, 0.15) is 10.6 Å². The Kier molecular flexibility index (Phi) is 5.60. The lowest BCUT2D eigenvalue weighted by Gasteiger charge is -2.13. The van der Waals surface area contributed by atoms with E-state index < -0.39 is 10.0 Å². The van der Waals surface area contributed by atoms with Crippen molar-refractivity contribution < 1.29 is 13.2 Å². The maximum Gasteiger partial charge on any atom is 0.244 e. The standard InChI is InChI=1S/C19H19N3O3S/c1-2-25-17-9-3-4-10-18(17)26(23,24)22-14-16-8-6-12-21-19(16)15-7-5-11-20-13-15/h3-13,22H,2,14H2,1H3. The van der Waals surface area contributed by atoms with Gasteiger partial charge >= 0.3 is 0 Å². The van der Waals surface area contributed by atoms with Gasteiger partial charge in [0, 0.05) is 30.7 Å². The Morgan fingerprint density at radius 3 is 2.62 bits per heavy atom. The zero-order chi connectivity index (χ0) is 18.4. The third kappa shape index (κ3) is 4.07. The van der Waals surface area contributed by atoms with Crippen molar-refractivity contribution in [3.8, 4) is 17.0 Å². The average molecular weight is 369 g/mol. The summed E-state index contributed by atoms with van der Waals surface area (Å²) in [5, 5.41) is 0. The molecule has 0 aliphatic rings. The predicted molar refractivity (Wildman–Crippen MR) is 99.1 cm³/mol. The second kappa shape index (κ2) is 8.07. The molecule has 0 aliphatic heterocycles. The number of hydrogen-bond acceptors (Lipinski definition) is 5. The molecule has 3 rings (SSSR count). The highest BCUT2D eigenvalue weighted by atomic mass is 32.2. The Bertz CT molecular complexity index is 976. The quantitative estimate of drug-likeness (QED) is 0.692. The van der Waals surface area contributed by atoms with Gasteiger partial charge in [0.25, 0.3) is 0 Å². The fourth-order valence-corrected chi connectivity index (χ4v) is 3.69. The number of ether oxygens (including phenoxy) is 1. The first-order chi connectivity index (χ1) is 12.6. The van der Waals surface area contributed by atoms with E-state index in [4.69, 9.17) is 4.74 Å². The van der Waals surface area contributed by atoms with Gasteiger partial charge in [0.2, 0.25) is 10.0 Å². The molecule has 0 aliphatic carbocycles. The molecule has 0 amide bonds. The van der Waals surface area contributed by atoms with Crippen LogP contribution < -0.4 is 9.46 Å². The molecule has 3 aromatic rings. The van der Waals surface area contributed by atoms with Gasteiger partial charge in [-0.05, 0) is 42.8 Å². The summed E-state index contributed by atoms with van der Waals surface area (Å²) in [6, 6.07) is 13.9. The fourth-order valence-electron chi connectivity index (χ4n) is 2.54. The molecule has 0 saturated heterocycles. The number of para-hydroxylation sites is 1. The van der Waals surface area contributed by atoms with Crippen LogP contribution in [-0.4, -0.2) is 25.0 Å². The Morgan fingerprint density at radius 1 is 1.04 bits per heavy atom. The second-order valence-corrected chi connectivity index (χ2v) is 7.19. The largest absolute Gasteiger partial charge is 0.492 e. The second-order valence-electron chi connectivity index (χ2n) is 5.46. The molecular weight excluding hydrogens is 350 g/mol. The van der Waals surface area contributed by atoms with E-state index in [0.29, 0.717) is 18.1 Å². The molecule has 2 heterocycles. The molecule has 0 spiro atoms. The molecule has 2 aromatic heterocycles. The number of pyridine rings is 2. The van der Waals surface area contributed by atoms with Gasteiger partial charge < -0.3 is 4.74 Å². The van der Waals surface area contributed by atoms with E-state index in [1.165, 1.54) is 6.07 Å². The number of hydrogen-bond donors (Lipinski definition) is 1. The molecule has 0 unspecified atom stereocenters. The molecule has 134 valence electrons. The van der Waals surface area contributed by atoms with E-state index in [0.717, 1.165) is 11.1 Å². The van der Waals surface area contributed by atoms with Crippen molar-refractivity contribution in [2.45, 2.75) is 18.4 Å². The van der Waals surface area contributed by atoms with Gasteiger partial charge in [-0.1, -0.05) is 18.2 Å². The van der Waals surface area contributed by atoms with Crippen LogP contribution in [0.25, 0.3) is 11.3 Å². The molecule has 7 heteroatoms. The monoisotopic (exact) mass is 369 g/mol. The molecule has 1 aromatic carbocycles. The lowest BCUT2D eigenvalue weighted by atomic mass is 10.1. The van der Waals surface area contributed by atoms with Crippen molar-refractivity contribution >= 4 is 10.0 Å². The summed E-state index contributed by atoms with van der Waals surface area (Å²) >= 11 is 0. The molecular formula is C19H19N3O3S. The van der Waals surface area contributed by atoms with Crippen molar-refractivity contribution in [3.63, 3.8) is 0 Å². The van der Waals surface area contributed by atoms with Crippen molar-refractivity contribution in [1.82, 2.24) is 14.7 Å². The summed E-state index contributed by atoms with van der Waals surface area (Å²) in [4.78, 5) is 8.58. The molecule has 6 nitrogen and oxygen atoms in total. The van der Waals surface area contributed by atoms with E-state index in [-0.39, 0.29) is 11.4 Å². The molecule has 0 bridgehead atoms. The first-order valence-electron chi connectivity index (χ1n) is 8.17. The van der Waals surface area contributed by atoms with Gasteiger partial charge in [0.05, 0.1) is 12.3 Å². The summed E-state index contributed by atoms with van der Waals surface area (Å²) in [5.41, 5.74) is 2.29. The van der Waals surface area contributed by atoms with Crippen LogP contribution in [-0.2, 0) is 16.6 Å². The summed E-state index contributed by atoms with van der Waals surface area (Å²) in [6.45, 7) is 2.31. The summed E-state index contributed by atoms with van der Waals surface area (Å²) in [7, 11) is -3.73. The number of aromatic nitrogens is 2. The summed E-state index contributed by atoms with van der Waals surface area (Å²) in [6.07, 6.45) is 5.05. The maximum atomic E-state index is 12.7. The van der Waals surface area contributed by atoms with E-state index in [2.05, 4.69) is 14.7 Å². The minimum absolute atomic E-state index is 0.112. The van der Waals surface area contributed by atoms with Crippen LogP contribution in [0.2, 0.25) is 0 Å². The third-order valence-electron chi connectivity index (χ3n) is 3.72. The summed E-state index contributed by atoms with van der Waals surface area (Å²) in [5.74, 6) is 0.334. The van der Waals surface area contributed by atoms with Crippen LogP contribution >= 0.6 is 0 Å². The zero-order valence-electron chi connectivity index (χ0n) is 14.3. The smallest absolute Gasteiger partial charge is 0.244 e. The highest BCUT2D eigenvalue weighted by Crippen LogP contribution is 2.24. The van der Waals surface area contributed by atoms with Gasteiger partial charge in [-0.3, -0.25) is 9.97 Å². The van der Waals surface area contributed by atoms with Crippen LogP contribution in [0.4, 0.5) is 0 Å². The Balaban J connectivity index is 1.86. The van der Waals surface area contributed by atoms with Gasteiger partial charge in [-0.15, -0.1) is 0 Å². The Morgan fingerprint density at radius 2 is 1.85 bits per heavy atom. The SMILES string of the molecule is CCOc1ccccc1S(=O)(=O)NCc1cccnc1-c1cccnc1. The Hall–Kier alpha value is -2.77. The molecule has 0 saturated carbocycles. The molecule has 0 atom stereocenters. The van der Waals surface area contributed by atoms with Crippen LogP contribution in [0.1, 0.15) is 12.5 Å². The van der Waals surface area contributed by atoms with Gasteiger partial charge in [0.15, 0.2) is 0 Å². The van der Waals surface area contributed by atoms with Crippen molar-refractivity contribution in [3.05, 3.63) is 72.7 Å². The third-order valence-corrected chi connectivity index (χ3v) is 5.16. The summed E-state index contributed by atoms with van der Waals surface area (Å²) < 4.78 is 33.5. The number of nitrogens with one attached hydrogen (secondary N) is 1. The van der Waals surface area contributed by atoms with Crippen LogP contribution in [0.15, 0.2) is 72.0 Å². The minimum atomic E-state index is -3.73. The number of benzene rings is 1. The molecule has 0 fully saturated rings. The van der Waals surface area contributed by atoms with E-state index in [1.54, 1.807) is 42.9 Å². The van der Waals surface area contributed by atoms with E-state index >= 15 is 0 Å². The highest BCUT2D eigenvalue weighted by Gasteiger charge is 2.19. The van der Waals surface area contributed by atoms with E-state index in [1.807, 2.05) is 25.1 Å². The Labute approximate surface area is 153 Å². The van der Waals surface area contributed by atoms with Gasteiger partial charge in [-0.25, -0.2) is 13.1 Å². The highest BCUT2D eigenvalue weighted by molar-refractivity contribution is 7.89. The molecule has 0 radical (unpaired) electrons. The minimum Gasteiger partial charge on any atom is -0.492 e. The van der Waals surface area contributed by atoms with Crippen molar-refractivity contribution in [1.29, 1.82) is 0 Å². The first kappa shape index (κ1) is 18.0. The first-order valence-corrected chi connectivity index (χ1v) is 9.66. The predicted octanol–water partition coefficient (Wildman–Crippen LogP) is 3.02. The van der Waals surface area contributed by atoms with Crippen LogP contribution in [0.5, 0.6) is 5.75 Å². The zero-order valence-corrected chi connectivity index (χ0v) is 15.1. The van der Waals surface area contributed by atoms with Crippen molar-refractivity contribution in [2.75, 3.05) is 6.61 Å². The maximum absolute atomic E-state index is 12.7. The topological polar surface area (TPSA) is 81.2 Å². The normalized spacial score (nSPS) is 11.3. The molecule has 26 heavy (non-hydrogen) atoms. The van der Waals surface area contributed by atoms with Crippen LogP contribution in [0.3, 0.4) is 0 Å². The van der Waals surface area contributed by atoms with Crippen molar-refractivity contribution in [2.24, 2.45) is 0 Å².